The van der Waals surface area contributed by atoms with Gasteiger partial charge in [0.25, 0.3) is 5.91 Å². The Morgan fingerprint density at radius 1 is 1.09 bits per heavy atom. The van der Waals surface area contributed by atoms with Crippen molar-refractivity contribution in [2.24, 2.45) is 0 Å². The van der Waals surface area contributed by atoms with Crippen molar-refractivity contribution in [1.82, 2.24) is 15.3 Å². The van der Waals surface area contributed by atoms with E-state index in [0.717, 1.165) is 32.7 Å². The number of aryl methyl sites for hydroxylation is 1. The maximum atomic E-state index is 13.1. The minimum absolute atomic E-state index is 0.172. The lowest BCUT2D eigenvalue weighted by Crippen LogP contribution is -2.39. The molecule has 174 valence electrons. The number of para-hydroxylation sites is 1. The zero-order chi connectivity index (χ0) is 23.9. The third kappa shape index (κ3) is 4.03. The van der Waals surface area contributed by atoms with Crippen LogP contribution in [0.25, 0.3) is 31.7 Å². The lowest BCUT2D eigenvalue weighted by Gasteiger charge is -2.16. The van der Waals surface area contributed by atoms with Gasteiger partial charge in [-0.2, -0.15) is 0 Å². The van der Waals surface area contributed by atoms with E-state index in [9.17, 15) is 9.59 Å². The molecule has 0 radical (unpaired) electrons. The summed E-state index contributed by atoms with van der Waals surface area (Å²) in [6.07, 6.45) is 2.96. The van der Waals surface area contributed by atoms with E-state index in [1.807, 2.05) is 54.7 Å². The number of benzene rings is 3. The van der Waals surface area contributed by atoms with E-state index in [1.54, 1.807) is 11.3 Å². The SMILES string of the molecule is Cc1ccc2nc(-c3ccc(N4C(=O)CC(NCCc5c[nH]c6ccccc56)C4=O)cc3)sc2c1. The highest BCUT2D eigenvalue weighted by molar-refractivity contribution is 7.21. The van der Waals surface area contributed by atoms with Crippen LogP contribution in [0.15, 0.2) is 72.9 Å². The molecule has 1 aliphatic rings. The van der Waals surface area contributed by atoms with Crippen molar-refractivity contribution in [3.63, 3.8) is 0 Å². The summed E-state index contributed by atoms with van der Waals surface area (Å²) < 4.78 is 1.15. The second-order valence-corrected chi connectivity index (χ2v) is 9.96. The third-order valence-corrected chi connectivity index (χ3v) is 7.59. The smallest absolute Gasteiger partial charge is 0.251 e. The first-order valence-corrected chi connectivity index (χ1v) is 12.5. The molecular weight excluding hydrogens is 456 g/mol. The average Bonchev–Trinajstić information content (AvgIpc) is 3.55. The fourth-order valence-electron chi connectivity index (χ4n) is 4.69. The van der Waals surface area contributed by atoms with Gasteiger partial charge in [-0.3, -0.25) is 9.59 Å². The van der Waals surface area contributed by atoms with Crippen LogP contribution in [0, 0.1) is 6.92 Å². The molecule has 2 N–H and O–H groups in total. The second-order valence-electron chi connectivity index (χ2n) is 8.92. The number of fused-ring (bicyclic) bond motifs is 2. The van der Waals surface area contributed by atoms with E-state index in [2.05, 4.69) is 35.4 Å². The van der Waals surface area contributed by atoms with Crippen molar-refractivity contribution in [3.8, 4) is 10.6 Å². The van der Waals surface area contributed by atoms with Gasteiger partial charge in [-0.15, -0.1) is 11.3 Å². The van der Waals surface area contributed by atoms with Crippen molar-refractivity contribution in [3.05, 3.63) is 84.1 Å². The van der Waals surface area contributed by atoms with Crippen LogP contribution in [0.5, 0.6) is 0 Å². The number of aromatic amines is 1. The first-order chi connectivity index (χ1) is 17.1. The molecule has 0 spiro atoms. The molecule has 5 aromatic rings. The number of thiazole rings is 1. The molecule has 1 unspecified atom stereocenters. The topological polar surface area (TPSA) is 78.1 Å². The number of carbonyl (C=O) groups excluding carboxylic acids is 2. The molecule has 35 heavy (non-hydrogen) atoms. The van der Waals surface area contributed by atoms with Crippen LogP contribution in [0.4, 0.5) is 5.69 Å². The van der Waals surface area contributed by atoms with Crippen LogP contribution in [0.1, 0.15) is 17.5 Å². The van der Waals surface area contributed by atoms with Crippen LogP contribution >= 0.6 is 11.3 Å². The standard InChI is InChI=1S/C28H24N4O2S/c1-17-6-11-23-25(14-17)35-27(31-23)18-7-9-20(10-8-18)32-26(33)15-24(28(32)34)29-13-12-19-16-30-22-5-3-2-4-21(19)22/h2-11,14,16,24,29-30H,12-13,15H2,1H3. The molecule has 1 atom stereocenters. The van der Waals surface area contributed by atoms with E-state index >= 15 is 0 Å². The van der Waals surface area contributed by atoms with Gasteiger partial charge < -0.3 is 10.3 Å². The lowest BCUT2D eigenvalue weighted by atomic mass is 10.1. The molecule has 6 nitrogen and oxygen atoms in total. The van der Waals surface area contributed by atoms with E-state index < -0.39 is 6.04 Å². The first kappa shape index (κ1) is 21.7. The predicted molar refractivity (Wildman–Crippen MR) is 141 cm³/mol. The van der Waals surface area contributed by atoms with Gasteiger partial charge in [0, 0.05) is 29.2 Å². The molecular formula is C28H24N4O2S. The van der Waals surface area contributed by atoms with Gasteiger partial charge in [-0.25, -0.2) is 9.88 Å². The van der Waals surface area contributed by atoms with Crippen molar-refractivity contribution in [2.75, 3.05) is 11.4 Å². The average molecular weight is 481 g/mol. The summed E-state index contributed by atoms with van der Waals surface area (Å²) in [6, 6.07) is 21.4. The minimum atomic E-state index is -0.500. The molecule has 2 aromatic heterocycles. The van der Waals surface area contributed by atoms with Crippen molar-refractivity contribution in [1.29, 1.82) is 0 Å². The van der Waals surface area contributed by atoms with Crippen LogP contribution < -0.4 is 10.2 Å². The van der Waals surface area contributed by atoms with Gasteiger partial charge in [-0.1, -0.05) is 24.3 Å². The van der Waals surface area contributed by atoms with Gasteiger partial charge in [0.05, 0.1) is 28.4 Å². The Bertz CT molecular complexity index is 1570. The Morgan fingerprint density at radius 2 is 1.91 bits per heavy atom. The molecule has 0 saturated carbocycles. The lowest BCUT2D eigenvalue weighted by molar-refractivity contribution is -0.121. The molecule has 6 rings (SSSR count). The molecule has 7 heteroatoms. The van der Waals surface area contributed by atoms with Gasteiger partial charge in [0.15, 0.2) is 0 Å². The number of nitrogens with one attached hydrogen (secondary N) is 2. The van der Waals surface area contributed by atoms with Crippen molar-refractivity contribution in [2.45, 2.75) is 25.8 Å². The highest BCUT2D eigenvalue weighted by atomic mass is 32.1. The number of hydrogen-bond donors (Lipinski definition) is 2. The van der Waals surface area contributed by atoms with E-state index in [0.29, 0.717) is 12.2 Å². The zero-order valence-corrected chi connectivity index (χ0v) is 20.1. The van der Waals surface area contributed by atoms with Crippen LogP contribution in [-0.4, -0.2) is 34.4 Å². The Labute approximate surface area is 206 Å². The van der Waals surface area contributed by atoms with Crippen LogP contribution in [0.3, 0.4) is 0 Å². The number of hydrogen-bond acceptors (Lipinski definition) is 5. The summed E-state index contributed by atoms with van der Waals surface area (Å²) in [5.74, 6) is -0.375. The summed E-state index contributed by atoms with van der Waals surface area (Å²) in [6.45, 7) is 2.69. The van der Waals surface area contributed by atoms with Gasteiger partial charge >= 0.3 is 0 Å². The monoisotopic (exact) mass is 480 g/mol. The van der Waals surface area contributed by atoms with Crippen molar-refractivity contribution < 1.29 is 9.59 Å². The highest BCUT2D eigenvalue weighted by Gasteiger charge is 2.39. The molecule has 0 bridgehead atoms. The quantitative estimate of drug-likeness (QED) is 0.327. The fraction of sp³-hybridized carbons (Fsp3) is 0.179. The number of rotatable bonds is 6. The summed E-state index contributed by atoms with van der Waals surface area (Å²) in [7, 11) is 0. The van der Waals surface area contributed by atoms with Crippen LogP contribution in [-0.2, 0) is 16.0 Å². The summed E-state index contributed by atoms with van der Waals surface area (Å²) in [5, 5.41) is 5.40. The number of imide groups is 1. The zero-order valence-electron chi connectivity index (χ0n) is 19.2. The van der Waals surface area contributed by atoms with Gasteiger partial charge in [0.1, 0.15) is 5.01 Å². The Balaban J connectivity index is 1.13. The largest absolute Gasteiger partial charge is 0.361 e. The minimum Gasteiger partial charge on any atom is -0.361 e. The normalized spacial score (nSPS) is 16.1. The Hall–Kier alpha value is -3.81. The van der Waals surface area contributed by atoms with Gasteiger partial charge in [-0.05, 0) is 66.9 Å². The number of amides is 2. The summed E-state index contributed by atoms with van der Waals surface area (Å²) >= 11 is 1.64. The fourth-order valence-corrected chi connectivity index (χ4v) is 5.76. The number of anilines is 1. The summed E-state index contributed by atoms with van der Waals surface area (Å²) in [4.78, 5) is 35.1. The van der Waals surface area contributed by atoms with Crippen molar-refractivity contribution >= 4 is 50.0 Å². The molecule has 0 aliphatic carbocycles. The Kier molecular flexibility index (Phi) is 5.43. The van der Waals surface area contributed by atoms with E-state index in [4.69, 9.17) is 4.98 Å². The van der Waals surface area contributed by atoms with Crippen LogP contribution in [0.2, 0.25) is 0 Å². The molecule has 1 saturated heterocycles. The highest BCUT2D eigenvalue weighted by Crippen LogP contribution is 2.32. The molecule has 3 aromatic carbocycles. The first-order valence-electron chi connectivity index (χ1n) is 11.7. The number of carbonyl (C=O) groups is 2. The summed E-state index contributed by atoms with van der Waals surface area (Å²) in [5.41, 5.74) is 6.05. The maximum absolute atomic E-state index is 13.1. The predicted octanol–water partition coefficient (Wildman–Crippen LogP) is 5.22. The molecule has 3 heterocycles. The Morgan fingerprint density at radius 3 is 2.77 bits per heavy atom. The molecule has 2 amide bonds. The van der Waals surface area contributed by atoms with E-state index in [1.165, 1.54) is 21.4 Å². The number of nitrogens with zero attached hydrogens (tertiary/aromatic N) is 2. The molecule has 1 fully saturated rings. The third-order valence-electron chi connectivity index (χ3n) is 6.52. The maximum Gasteiger partial charge on any atom is 0.251 e. The number of aromatic nitrogens is 2. The molecule has 1 aliphatic heterocycles. The van der Waals surface area contributed by atoms with Gasteiger partial charge in [0.2, 0.25) is 5.91 Å². The number of H-pyrrole nitrogens is 1. The second kappa shape index (κ2) is 8.76. The van der Waals surface area contributed by atoms with E-state index in [-0.39, 0.29) is 18.2 Å².